The number of benzene rings is 1. The van der Waals surface area contributed by atoms with Crippen LogP contribution in [0.25, 0.3) is 0 Å². The van der Waals surface area contributed by atoms with Gasteiger partial charge in [-0.25, -0.2) is 0 Å². The maximum absolute atomic E-state index is 12.8. The minimum Gasteiger partial charge on any atom is -0.352 e. The lowest BCUT2D eigenvalue weighted by atomic mass is 10.1. The second-order valence-corrected chi connectivity index (χ2v) is 6.74. The van der Waals surface area contributed by atoms with Crippen LogP contribution >= 0.6 is 11.8 Å². The van der Waals surface area contributed by atoms with Gasteiger partial charge in [-0.1, -0.05) is 23.9 Å². The Morgan fingerprint density at radius 3 is 2.50 bits per heavy atom. The highest BCUT2D eigenvalue weighted by atomic mass is 32.2. The molecule has 2 aromatic rings. The molecule has 2 rings (SSSR count). The van der Waals surface area contributed by atoms with Crippen molar-refractivity contribution in [2.24, 2.45) is 7.05 Å². The van der Waals surface area contributed by atoms with E-state index in [0.29, 0.717) is 30.6 Å². The highest BCUT2D eigenvalue weighted by Gasteiger charge is 2.30. The predicted octanol–water partition coefficient (Wildman–Crippen LogP) is 3.75. The van der Waals surface area contributed by atoms with Gasteiger partial charge in [-0.15, -0.1) is 10.2 Å². The SMILES string of the molecule is CCOC(Cc1nnc(SCC(=O)c2cccc(C(F)(F)F)c2)n1C)OCC. The number of Topliss-reactive ketones (excluding diaryl/α,β-unsaturated/α-hetero) is 1. The van der Waals surface area contributed by atoms with E-state index in [9.17, 15) is 18.0 Å². The van der Waals surface area contributed by atoms with E-state index in [-0.39, 0.29) is 11.3 Å². The molecule has 0 N–H and O–H groups in total. The van der Waals surface area contributed by atoms with Gasteiger partial charge in [0.25, 0.3) is 0 Å². The monoisotopic (exact) mass is 417 g/mol. The lowest BCUT2D eigenvalue weighted by molar-refractivity contribution is -0.137. The summed E-state index contributed by atoms with van der Waals surface area (Å²) in [4.78, 5) is 12.3. The second kappa shape index (κ2) is 10.0. The zero-order valence-corrected chi connectivity index (χ0v) is 16.6. The molecule has 0 atom stereocenters. The molecular weight excluding hydrogens is 395 g/mol. The Hall–Kier alpha value is -1.91. The van der Waals surface area contributed by atoms with Gasteiger partial charge < -0.3 is 14.0 Å². The van der Waals surface area contributed by atoms with Crippen LogP contribution in [0, 0.1) is 0 Å². The van der Waals surface area contributed by atoms with Gasteiger partial charge in [-0.05, 0) is 26.0 Å². The molecule has 0 spiro atoms. The smallest absolute Gasteiger partial charge is 0.352 e. The van der Waals surface area contributed by atoms with E-state index in [1.807, 2.05) is 13.8 Å². The van der Waals surface area contributed by atoms with E-state index in [0.717, 1.165) is 23.9 Å². The summed E-state index contributed by atoms with van der Waals surface area (Å²) < 4.78 is 51.1. The lowest BCUT2D eigenvalue weighted by Crippen LogP contribution is -2.22. The van der Waals surface area contributed by atoms with Crippen molar-refractivity contribution in [3.05, 3.63) is 41.2 Å². The second-order valence-electron chi connectivity index (χ2n) is 5.79. The number of hydrogen-bond donors (Lipinski definition) is 0. The Balaban J connectivity index is 2.01. The van der Waals surface area contributed by atoms with Gasteiger partial charge in [0.05, 0.1) is 17.7 Å². The van der Waals surface area contributed by atoms with Crippen molar-refractivity contribution in [2.75, 3.05) is 19.0 Å². The topological polar surface area (TPSA) is 66.2 Å². The number of alkyl halides is 3. The van der Waals surface area contributed by atoms with E-state index < -0.39 is 23.8 Å². The summed E-state index contributed by atoms with van der Waals surface area (Å²) in [5, 5.41) is 8.62. The molecule has 0 saturated heterocycles. The molecule has 0 unspecified atom stereocenters. The Kier molecular flexibility index (Phi) is 8.02. The Labute approximate surface area is 165 Å². The van der Waals surface area contributed by atoms with Crippen LogP contribution in [0.2, 0.25) is 0 Å². The van der Waals surface area contributed by atoms with Crippen LogP contribution in [0.15, 0.2) is 29.4 Å². The minimum atomic E-state index is -4.49. The summed E-state index contributed by atoms with van der Waals surface area (Å²) in [5.41, 5.74) is -0.834. The van der Waals surface area contributed by atoms with Crippen LogP contribution in [0.1, 0.15) is 35.6 Å². The third-order valence-corrected chi connectivity index (χ3v) is 4.84. The molecule has 0 bridgehead atoms. The van der Waals surface area contributed by atoms with Crippen LogP contribution in [-0.4, -0.2) is 45.8 Å². The zero-order chi connectivity index (χ0) is 20.7. The van der Waals surface area contributed by atoms with Gasteiger partial charge in [0.1, 0.15) is 5.82 Å². The van der Waals surface area contributed by atoms with Crippen molar-refractivity contribution >= 4 is 17.5 Å². The largest absolute Gasteiger partial charge is 0.416 e. The van der Waals surface area contributed by atoms with E-state index in [2.05, 4.69) is 10.2 Å². The summed E-state index contributed by atoms with van der Waals surface area (Å²) in [6, 6.07) is 4.39. The van der Waals surface area contributed by atoms with Crippen LogP contribution in [0.5, 0.6) is 0 Å². The number of carbonyl (C=O) groups is 1. The first-order valence-electron chi connectivity index (χ1n) is 8.71. The Bertz CT molecular complexity index is 790. The van der Waals surface area contributed by atoms with E-state index in [1.54, 1.807) is 11.6 Å². The molecule has 0 aliphatic heterocycles. The first kappa shape index (κ1) is 22.4. The van der Waals surface area contributed by atoms with Crippen molar-refractivity contribution in [2.45, 2.75) is 37.9 Å². The van der Waals surface area contributed by atoms with Crippen molar-refractivity contribution in [3.63, 3.8) is 0 Å². The van der Waals surface area contributed by atoms with Gasteiger partial charge in [0.15, 0.2) is 17.2 Å². The molecule has 28 heavy (non-hydrogen) atoms. The van der Waals surface area contributed by atoms with E-state index in [1.165, 1.54) is 12.1 Å². The number of rotatable bonds is 10. The molecular formula is C18H22F3N3O3S. The number of aromatic nitrogens is 3. The quantitative estimate of drug-likeness (QED) is 0.333. The molecule has 0 saturated carbocycles. The van der Waals surface area contributed by atoms with Crippen molar-refractivity contribution in [1.82, 2.24) is 14.8 Å². The fraction of sp³-hybridized carbons (Fsp3) is 0.500. The molecule has 0 amide bonds. The molecule has 0 radical (unpaired) electrons. The average Bonchev–Trinajstić information content (AvgIpc) is 2.99. The zero-order valence-electron chi connectivity index (χ0n) is 15.8. The van der Waals surface area contributed by atoms with Crippen molar-refractivity contribution in [1.29, 1.82) is 0 Å². The van der Waals surface area contributed by atoms with Crippen molar-refractivity contribution in [3.8, 4) is 0 Å². The Morgan fingerprint density at radius 2 is 1.89 bits per heavy atom. The number of ether oxygens (including phenoxy) is 2. The standard InChI is InChI=1S/C18H22F3N3O3S/c1-4-26-16(27-5-2)10-15-22-23-17(24(15)3)28-11-14(25)12-7-6-8-13(9-12)18(19,20)21/h6-9,16H,4-5,10-11H2,1-3H3. The van der Waals surface area contributed by atoms with Gasteiger partial charge in [-0.3, -0.25) is 4.79 Å². The molecule has 0 fully saturated rings. The lowest BCUT2D eigenvalue weighted by Gasteiger charge is -2.16. The van der Waals surface area contributed by atoms with Gasteiger partial charge in [-0.2, -0.15) is 13.2 Å². The molecule has 10 heteroatoms. The summed E-state index contributed by atoms with van der Waals surface area (Å²) in [6.07, 6.45) is -4.53. The highest BCUT2D eigenvalue weighted by Crippen LogP contribution is 2.30. The van der Waals surface area contributed by atoms with Crippen LogP contribution in [-0.2, 0) is 29.1 Å². The van der Waals surface area contributed by atoms with Crippen molar-refractivity contribution < 1.29 is 27.4 Å². The predicted molar refractivity (Wildman–Crippen MR) is 98.2 cm³/mol. The number of ketones is 1. The number of hydrogen-bond acceptors (Lipinski definition) is 6. The fourth-order valence-corrected chi connectivity index (χ4v) is 3.24. The molecule has 1 heterocycles. The molecule has 154 valence electrons. The third kappa shape index (κ3) is 6.05. The first-order valence-corrected chi connectivity index (χ1v) is 9.69. The number of carbonyl (C=O) groups excluding carboxylic acids is 1. The van der Waals surface area contributed by atoms with E-state index >= 15 is 0 Å². The summed E-state index contributed by atoms with van der Waals surface area (Å²) in [6.45, 7) is 4.72. The Morgan fingerprint density at radius 1 is 1.21 bits per heavy atom. The molecule has 0 aliphatic rings. The number of thioether (sulfide) groups is 1. The molecule has 6 nitrogen and oxygen atoms in total. The maximum atomic E-state index is 12.8. The third-order valence-electron chi connectivity index (χ3n) is 3.82. The molecule has 1 aromatic heterocycles. The average molecular weight is 417 g/mol. The van der Waals surface area contributed by atoms with E-state index in [4.69, 9.17) is 9.47 Å². The summed E-state index contributed by atoms with van der Waals surface area (Å²) in [5.74, 6) is 0.163. The summed E-state index contributed by atoms with van der Waals surface area (Å²) in [7, 11) is 1.75. The van der Waals surface area contributed by atoms with Gasteiger partial charge in [0, 0.05) is 25.8 Å². The summed E-state index contributed by atoms with van der Waals surface area (Å²) >= 11 is 1.11. The highest BCUT2D eigenvalue weighted by molar-refractivity contribution is 7.99. The van der Waals surface area contributed by atoms with Crippen LogP contribution < -0.4 is 0 Å². The minimum absolute atomic E-state index is 0.0115. The van der Waals surface area contributed by atoms with Crippen LogP contribution in [0.3, 0.4) is 0 Å². The van der Waals surface area contributed by atoms with Gasteiger partial charge >= 0.3 is 6.18 Å². The maximum Gasteiger partial charge on any atom is 0.416 e. The molecule has 1 aromatic carbocycles. The fourth-order valence-electron chi connectivity index (χ4n) is 2.42. The number of halogens is 3. The molecule has 0 aliphatic carbocycles. The van der Waals surface area contributed by atoms with Gasteiger partial charge in [0.2, 0.25) is 0 Å². The number of nitrogens with zero attached hydrogens (tertiary/aromatic N) is 3. The normalized spacial score (nSPS) is 12.0. The van der Waals surface area contributed by atoms with Crippen LogP contribution in [0.4, 0.5) is 13.2 Å². The first-order chi connectivity index (χ1) is 13.3.